The van der Waals surface area contributed by atoms with Gasteiger partial charge < -0.3 is 14.5 Å². The van der Waals surface area contributed by atoms with Crippen molar-refractivity contribution in [2.24, 2.45) is 11.8 Å². The zero-order chi connectivity index (χ0) is 26.6. The van der Waals surface area contributed by atoms with Crippen LogP contribution in [0.1, 0.15) is 24.8 Å². The molecule has 2 amide bonds. The second kappa shape index (κ2) is 10.8. The van der Waals surface area contributed by atoms with Gasteiger partial charge in [0.05, 0.1) is 11.8 Å². The number of hydrogen-bond acceptors (Lipinski definition) is 6. The van der Waals surface area contributed by atoms with Crippen molar-refractivity contribution in [3.63, 3.8) is 0 Å². The number of carbonyl (C=O) groups excluding carboxylic acids is 3. The molecule has 2 aromatic rings. The first-order chi connectivity index (χ1) is 17.6. The van der Waals surface area contributed by atoms with E-state index in [1.54, 1.807) is 28.6 Å². The Morgan fingerprint density at radius 3 is 2.08 bits per heavy atom. The molecule has 2 unspecified atom stereocenters. The van der Waals surface area contributed by atoms with E-state index in [1.165, 1.54) is 12.1 Å². The van der Waals surface area contributed by atoms with E-state index in [-0.39, 0.29) is 30.7 Å². The minimum Gasteiger partial charge on any atom is -0.447 e. The zero-order valence-electron chi connectivity index (χ0n) is 20.0. The van der Waals surface area contributed by atoms with Gasteiger partial charge >= 0.3 is 12.1 Å². The van der Waals surface area contributed by atoms with Gasteiger partial charge in [0.2, 0.25) is 11.8 Å². The van der Waals surface area contributed by atoms with Crippen LogP contribution in [0.5, 0.6) is 0 Å². The molecule has 0 radical (unpaired) electrons. The van der Waals surface area contributed by atoms with Crippen molar-refractivity contribution in [3.8, 4) is 0 Å². The van der Waals surface area contributed by atoms with Gasteiger partial charge in [-0.25, -0.2) is 10.3 Å². The van der Waals surface area contributed by atoms with Crippen LogP contribution in [-0.4, -0.2) is 60.2 Å². The first kappa shape index (κ1) is 26.5. The van der Waals surface area contributed by atoms with Gasteiger partial charge in [0.1, 0.15) is 5.60 Å². The molecule has 2 N–H and O–H groups in total. The van der Waals surface area contributed by atoms with Gasteiger partial charge in [-0.1, -0.05) is 48.5 Å². The number of para-hydroxylation sites is 1. The largest absolute Gasteiger partial charge is 0.490 e. The highest BCUT2D eigenvalue weighted by Gasteiger charge is 2.53. The van der Waals surface area contributed by atoms with Gasteiger partial charge in [0.25, 0.3) is 0 Å². The standard InChI is InChI=1S/C26H28F3N3O5/c27-26(28,29)24(35)37-25(18-7-3-1-4-8-18)12-11-20(21(17-25)22(33)30-36)23(34)32-15-13-31(14-16-32)19-9-5-2-6-10-19/h1-10,20-21,36H,11-17H2,(H,30,33)/t20?,21?,25-/m1/s1. The molecule has 11 heteroatoms. The van der Waals surface area contributed by atoms with Gasteiger partial charge in [0.15, 0.2) is 0 Å². The number of benzene rings is 2. The van der Waals surface area contributed by atoms with Crippen molar-refractivity contribution in [3.05, 3.63) is 66.2 Å². The molecule has 2 aromatic carbocycles. The summed E-state index contributed by atoms with van der Waals surface area (Å²) in [6.07, 6.45) is -5.71. The minimum atomic E-state index is -5.23. The summed E-state index contributed by atoms with van der Waals surface area (Å²) in [5.41, 5.74) is 1.07. The summed E-state index contributed by atoms with van der Waals surface area (Å²) in [5.74, 6) is -5.70. The Bertz CT molecular complexity index is 1110. The molecule has 0 bridgehead atoms. The third kappa shape index (κ3) is 5.71. The zero-order valence-corrected chi connectivity index (χ0v) is 20.0. The van der Waals surface area contributed by atoms with Crippen molar-refractivity contribution in [2.75, 3.05) is 31.1 Å². The van der Waals surface area contributed by atoms with Gasteiger partial charge in [-0.05, 0) is 30.5 Å². The Kier molecular flexibility index (Phi) is 7.72. The molecular weight excluding hydrogens is 491 g/mol. The fourth-order valence-corrected chi connectivity index (χ4v) is 5.29. The maximum absolute atomic E-state index is 13.5. The summed E-state index contributed by atoms with van der Waals surface area (Å²) in [5, 5.41) is 9.39. The molecule has 2 aliphatic rings. The molecule has 2 fully saturated rings. The van der Waals surface area contributed by atoms with Crippen LogP contribution < -0.4 is 10.4 Å². The van der Waals surface area contributed by atoms with E-state index in [2.05, 4.69) is 4.90 Å². The van der Waals surface area contributed by atoms with E-state index in [1.807, 2.05) is 30.3 Å². The molecule has 8 nitrogen and oxygen atoms in total. The molecule has 198 valence electrons. The Hall–Kier alpha value is -3.60. The molecule has 0 aromatic heterocycles. The van der Waals surface area contributed by atoms with E-state index in [4.69, 9.17) is 4.74 Å². The van der Waals surface area contributed by atoms with Crippen LogP contribution in [0.15, 0.2) is 60.7 Å². The SMILES string of the molecule is O=C(NO)C1C[C@@](OC(=O)C(F)(F)F)(c2ccccc2)CCC1C(=O)N1CCN(c2ccccc2)CC1. The van der Waals surface area contributed by atoms with Crippen molar-refractivity contribution in [1.82, 2.24) is 10.4 Å². The summed E-state index contributed by atoms with van der Waals surface area (Å²) in [6.45, 7) is 1.97. The molecule has 0 spiro atoms. The molecule has 1 aliphatic carbocycles. The number of amides is 2. The number of alkyl halides is 3. The fourth-order valence-electron chi connectivity index (χ4n) is 5.29. The predicted octanol–water partition coefficient (Wildman–Crippen LogP) is 3.26. The highest BCUT2D eigenvalue weighted by molar-refractivity contribution is 5.88. The number of halogens is 3. The number of esters is 1. The lowest BCUT2D eigenvalue weighted by Crippen LogP contribution is -2.55. The summed E-state index contributed by atoms with van der Waals surface area (Å²) < 4.78 is 44.5. The monoisotopic (exact) mass is 519 g/mol. The Balaban J connectivity index is 1.55. The van der Waals surface area contributed by atoms with E-state index in [9.17, 15) is 32.8 Å². The second-order valence-electron chi connectivity index (χ2n) is 9.33. The number of nitrogens with one attached hydrogen (secondary N) is 1. The minimum absolute atomic E-state index is 0.00412. The quantitative estimate of drug-likeness (QED) is 0.358. The van der Waals surface area contributed by atoms with E-state index < -0.39 is 35.5 Å². The maximum Gasteiger partial charge on any atom is 0.490 e. The lowest BCUT2D eigenvalue weighted by molar-refractivity contribution is -0.221. The van der Waals surface area contributed by atoms with Crippen LogP contribution >= 0.6 is 0 Å². The normalized spacial score (nSPS) is 24.3. The molecule has 4 rings (SSSR count). The number of hydrogen-bond donors (Lipinski definition) is 2. The van der Waals surface area contributed by atoms with Crippen LogP contribution in [0.25, 0.3) is 0 Å². The van der Waals surface area contributed by atoms with Crippen LogP contribution in [-0.2, 0) is 24.7 Å². The number of rotatable bonds is 5. The van der Waals surface area contributed by atoms with Gasteiger partial charge in [-0.15, -0.1) is 0 Å². The number of ether oxygens (including phenoxy) is 1. The Morgan fingerprint density at radius 1 is 0.919 bits per heavy atom. The third-order valence-corrected chi connectivity index (χ3v) is 7.19. The highest BCUT2D eigenvalue weighted by atomic mass is 19.4. The number of piperazine rings is 1. The first-order valence-electron chi connectivity index (χ1n) is 12.0. The lowest BCUT2D eigenvalue weighted by atomic mass is 9.68. The van der Waals surface area contributed by atoms with Gasteiger partial charge in [-0.2, -0.15) is 13.2 Å². The molecular formula is C26H28F3N3O5. The molecule has 3 atom stereocenters. The highest BCUT2D eigenvalue weighted by Crippen LogP contribution is 2.47. The number of carbonyl (C=O) groups is 3. The summed E-state index contributed by atoms with van der Waals surface area (Å²) >= 11 is 0. The molecule has 1 heterocycles. The molecule has 37 heavy (non-hydrogen) atoms. The van der Waals surface area contributed by atoms with Crippen molar-refractivity contribution < 1.29 is 37.5 Å². The Labute approximate surface area is 211 Å². The lowest BCUT2D eigenvalue weighted by Gasteiger charge is -2.45. The van der Waals surface area contributed by atoms with Crippen LogP contribution in [0.4, 0.5) is 18.9 Å². The summed E-state index contributed by atoms with van der Waals surface area (Å²) in [6, 6.07) is 17.6. The third-order valence-electron chi connectivity index (χ3n) is 7.19. The van der Waals surface area contributed by atoms with Crippen LogP contribution in [0.2, 0.25) is 0 Å². The number of nitrogens with zero attached hydrogens (tertiary/aromatic N) is 2. The summed E-state index contributed by atoms with van der Waals surface area (Å²) in [4.78, 5) is 41.9. The Morgan fingerprint density at radius 2 is 1.51 bits per heavy atom. The number of hydroxylamine groups is 1. The smallest absolute Gasteiger partial charge is 0.447 e. The fraction of sp³-hybridized carbons (Fsp3) is 0.423. The molecule has 1 saturated heterocycles. The molecule has 1 aliphatic heterocycles. The van der Waals surface area contributed by atoms with Crippen LogP contribution in [0, 0.1) is 11.8 Å². The van der Waals surface area contributed by atoms with E-state index in [0.717, 1.165) is 5.69 Å². The van der Waals surface area contributed by atoms with Crippen molar-refractivity contribution in [2.45, 2.75) is 31.0 Å². The predicted molar refractivity (Wildman–Crippen MR) is 126 cm³/mol. The maximum atomic E-state index is 13.5. The van der Waals surface area contributed by atoms with E-state index in [0.29, 0.717) is 26.2 Å². The van der Waals surface area contributed by atoms with Gasteiger partial charge in [0, 0.05) is 38.3 Å². The van der Waals surface area contributed by atoms with Crippen molar-refractivity contribution in [1.29, 1.82) is 0 Å². The van der Waals surface area contributed by atoms with Crippen LogP contribution in [0.3, 0.4) is 0 Å². The topological polar surface area (TPSA) is 99.2 Å². The average Bonchev–Trinajstić information content (AvgIpc) is 2.92. The molecule has 1 saturated carbocycles. The number of anilines is 1. The van der Waals surface area contributed by atoms with Gasteiger partial charge in [-0.3, -0.25) is 14.8 Å². The average molecular weight is 520 g/mol. The van der Waals surface area contributed by atoms with E-state index >= 15 is 0 Å². The van der Waals surface area contributed by atoms with Crippen molar-refractivity contribution >= 4 is 23.5 Å². The summed E-state index contributed by atoms with van der Waals surface area (Å²) in [7, 11) is 0. The second-order valence-corrected chi connectivity index (χ2v) is 9.33. The first-order valence-corrected chi connectivity index (χ1v) is 12.0.